The second kappa shape index (κ2) is 5.67. The third-order valence-corrected chi connectivity index (χ3v) is 5.67. The van der Waals surface area contributed by atoms with Gasteiger partial charge >= 0.3 is 0 Å². The van der Waals surface area contributed by atoms with E-state index >= 15 is 0 Å². The molecule has 3 fully saturated rings. The van der Waals surface area contributed by atoms with Gasteiger partial charge in [0.2, 0.25) is 0 Å². The number of piperidine rings is 3. The van der Waals surface area contributed by atoms with Crippen molar-refractivity contribution in [2.24, 2.45) is 5.92 Å². The smallest absolute Gasteiger partial charge is 0.251 e. The quantitative estimate of drug-likeness (QED) is 0.877. The Labute approximate surface area is 131 Å². The second-order valence-corrected chi connectivity index (χ2v) is 7.00. The van der Waals surface area contributed by atoms with E-state index in [1.807, 2.05) is 18.2 Å². The van der Waals surface area contributed by atoms with Gasteiger partial charge in [-0.1, -0.05) is 12.1 Å². The van der Waals surface area contributed by atoms with E-state index < -0.39 is 6.10 Å². The van der Waals surface area contributed by atoms with Crippen molar-refractivity contribution in [3.8, 4) is 0 Å². The van der Waals surface area contributed by atoms with Crippen molar-refractivity contribution in [1.29, 1.82) is 0 Å². The van der Waals surface area contributed by atoms with E-state index in [1.54, 1.807) is 0 Å². The number of hydrogen-bond donors (Lipinski definition) is 2. The highest BCUT2D eigenvalue weighted by atomic mass is 16.3. The van der Waals surface area contributed by atoms with Crippen molar-refractivity contribution in [3.05, 3.63) is 34.9 Å². The Morgan fingerprint density at radius 3 is 2.77 bits per heavy atom. The monoisotopic (exact) mass is 300 g/mol. The summed E-state index contributed by atoms with van der Waals surface area (Å²) in [7, 11) is 0. The number of carbonyl (C=O) groups excluding carboxylic acids is 1. The normalized spacial score (nSPS) is 33.3. The minimum atomic E-state index is -0.489. The predicted octanol–water partition coefficient (Wildman–Crippen LogP) is 1.88. The molecule has 2 unspecified atom stereocenters. The maximum atomic E-state index is 12.8. The summed E-state index contributed by atoms with van der Waals surface area (Å²) in [5, 5.41) is 13.6. The number of nitrogens with zero attached hydrogens (tertiary/aromatic N) is 1. The van der Waals surface area contributed by atoms with Crippen LogP contribution in [0.1, 0.15) is 53.3 Å². The molecular weight excluding hydrogens is 276 g/mol. The van der Waals surface area contributed by atoms with Crippen LogP contribution in [0.25, 0.3) is 0 Å². The Morgan fingerprint density at radius 1 is 1.23 bits per heavy atom. The maximum absolute atomic E-state index is 12.8. The van der Waals surface area contributed by atoms with Crippen molar-refractivity contribution in [2.45, 2.75) is 44.2 Å². The molecule has 0 radical (unpaired) electrons. The minimum absolute atomic E-state index is 0.00319. The Balaban J connectivity index is 1.56. The Morgan fingerprint density at radius 2 is 2.05 bits per heavy atom. The lowest BCUT2D eigenvalue weighted by Gasteiger charge is -2.45. The lowest BCUT2D eigenvalue weighted by molar-refractivity contribution is 0.0616. The van der Waals surface area contributed by atoms with Crippen molar-refractivity contribution in [3.63, 3.8) is 0 Å². The second-order valence-electron chi connectivity index (χ2n) is 7.00. The summed E-state index contributed by atoms with van der Waals surface area (Å²) in [6.45, 7) is 3.33. The molecule has 3 saturated heterocycles. The molecule has 2 atom stereocenters. The van der Waals surface area contributed by atoms with Gasteiger partial charge in [-0.15, -0.1) is 0 Å². The molecule has 0 spiro atoms. The Bertz CT molecular complexity index is 578. The summed E-state index contributed by atoms with van der Waals surface area (Å²) >= 11 is 0. The molecule has 1 aromatic carbocycles. The number of nitrogens with one attached hydrogen (secondary N) is 1. The van der Waals surface area contributed by atoms with Crippen LogP contribution in [0.5, 0.6) is 0 Å². The average molecular weight is 300 g/mol. The van der Waals surface area contributed by atoms with Gasteiger partial charge in [0, 0.05) is 18.2 Å². The van der Waals surface area contributed by atoms with Gasteiger partial charge in [-0.05, 0) is 68.3 Å². The standard InChI is InChI=1S/C18H24N2O2/c21-16-6-2-4-13-3-1-5-14(17(13)16)18(22)19-15-11-20-9-7-12(15)8-10-20/h1,3,5,12,15-16,21H,2,4,6-11H2,(H,19,22). The zero-order valence-electron chi connectivity index (χ0n) is 12.9. The number of hydrogen-bond acceptors (Lipinski definition) is 3. The Hall–Kier alpha value is -1.39. The van der Waals surface area contributed by atoms with Crippen LogP contribution in [0.3, 0.4) is 0 Å². The lowest BCUT2D eigenvalue weighted by Crippen LogP contribution is -2.57. The van der Waals surface area contributed by atoms with Crippen LogP contribution in [0.15, 0.2) is 18.2 Å². The summed E-state index contributed by atoms with van der Waals surface area (Å²) < 4.78 is 0. The van der Waals surface area contributed by atoms with Gasteiger partial charge in [-0.2, -0.15) is 0 Å². The van der Waals surface area contributed by atoms with Crippen LogP contribution in [0.4, 0.5) is 0 Å². The van der Waals surface area contributed by atoms with E-state index in [-0.39, 0.29) is 11.9 Å². The van der Waals surface area contributed by atoms with Crippen molar-refractivity contribution < 1.29 is 9.90 Å². The maximum Gasteiger partial charge on any atom is 0.251 e. The number of fused-ring (bicyclic) bond motifs is 4. The van der Waals surface area contributed by atoms with Crippen molar-refractivity contribution >= 4 is 5.91 Å². The van der Waals surface area contributed by atoms with E-state index in [2.05, 4.69) is 10.2 Å². The van der Waals surface area contributed by atoms with Crippen LogP contribution in [-0.2, 0) is 6.42 Å². The largest absolute Gasteiger partial charge is 0.388 e. The number of carbonyl (C=O) groups is 1. The van der Waals surface area contributed by atoms with Crippen LogP contribution >= 0.6 is 0 Å². The molecule has 22 heavy (non-hydrogen) atoms. The summed E-state index contributed by atoms with van der Waals surface area (Å²) in [6, 6.07) is 6.13. The summed E-state index contributed by atoms with van der Waals surface area (Å²) in [5.74, 6) is 0.620. The molecule has 4 nitrogen and oxygen atoms in total. The molecule has 4 aliphatic rings. The molecule has 2 N–H and O–H groups in total. The molecule has 2 bridgehead atoms. The zero-order valence-corrected chi connectivity index (χ0v) is 12.9. The molecule has 1 aromatic rings. The molecule has 118 valence electrons. The molecule has 3 heterocycles. The van der Waals surface area contributed by atoms with Gasteiger partial charge in [0.25, 0.3) is 5.91 Å². The number of aryl methyl sites for hydroxylation is 1. The fraction of sp³-hybridized carbons (Fsp3) is 0.611. The van der Waals surface area contributed by atoms with E-state index in [0.717, 1.165) is 36.9 Å². The fourth-order valence-corrected chi connectivity index (χ4v) is 4.43. The van der Waals surface area contributed by atoms with Crippen LogP contribution in [0, 0.1) is 5.92 Å². The van der Waals surface area contributed by atoms with E-state index in [4.69, 9.17) is 0 Å². The van der Waals surface area contributed by atoms with Crippen molar-refractivity contribution in [1.82, 2.24) is 10.2 Å². The van der Waals surface area contributed by atoms with E-state index in [9.17, 15) is 9.90 Å². The first kappa shape index (κ1) is 14.2. The molecule has 5 rings (SSSR count). The number of aliphatic hydroxyl groups excluding tert-OH is 1. The van der Waals surface area contributed by atoms with E-state index in [1.165, 1.54) is 25.9 Å². The number of rotatable bonds is 2. The third-order valence-electron chi connectivity index (χ3n) is 5.67. The number of aliphatic hydroxyl groups is 1. The summed E-state index contributed by atoms with van der Waals surface area (Å²) in [6.07, 6.45) is 4.63. The highest BCUT2D eigenvalue weighted by molar-refractivity contribution is 5.96. The van der Waals surface area contributed by atoms with Gasteiger partial charge in [0.05, 0.1) is 6.10 Å². The lowest BCUT2D eigenvalue weighted by atomic mass is 9.83. The summed E-state index contributed by atoms with van der Waals surface area (Å²) in [4.78, 5) is 15.2. The number of benzene rings is 1. The first-order chi connectivity index (χ1) is 10.7. The highest BCUT2D eigenvalue weighted by Gasteiger charge is 2.35. The third kappa shape index (κ3) is 2.44. The SMILES string of the molecule is O=C(NC1CN2CCC1CC2)c1cccc2c1C(O)CCC2. The van der Waals surface area contributed by atoms with Crippen LogP contribution in [0.2, 0.25) is 0 Å². The summed E-state index contributed by atoms with van der Waals surface area (Å²) in [5.41, 5.74) is 2.69. The molecule has 3 aliphatic heterocycles. The van der Waals surface area contributed by atoms with Gasteiger partial charge in [-0.3, -0.25) is 4.79 Å². The molecule has 1 aliphatic carbocycles. The first-order valence-corrected chi connectivity index (χ1v) is 8.55. The van der Waals surface area contributed by atoms with Crippen molar-refractivity contribution in [2.75, 3.05) is 19.6 Å². The fourth-order valence-electron chi connectivity index (χ4n) is 4.43. The Kier molecular flexibility index (Phi) is 3.66. The predicted molar refractivity (Wildman–Crippen MR) is 84.8 cm³/mol. The highest BCUT2D eigenvalue weighted by Crippen LogP contribution is 2.33. The van der Waals surface area contributed by atoms with Crippen LogP contribution < -0.4 is 5.32 Å². The number of amides is 1. The molecule has 4 heteroatoms. The first-order valence-electron chi connectivity index (χ1n) is 8.55. The van der Waals surface area contributed by atoms with Crippen LogP contribution in [-0.4, -0.2) is 41.6 Å². The van der Waals surface area contributed by atoms with Gasteiger partial charge in [0.15, 0.2) is 0 Å². The molecule has 0 saturated carbocycles. The topological polar surface area (TPSA) is 52.6 Å². The molecule has 1 amide bonds. The van der Waals surface area contributed by atoms with Gasteiger partial charge < -0.3 is 15.3 Å². The minimum Gasteiger partial charge on any atom is -0.388 e. The van der Waals surface area contributed by atoms with Gasteiger partial charge in [-0.25, -0.2) is 0 Å². The van der Waals surface area contributed by atoms with E-state index in [0.29, 0.717) is 11.5 Å². The molecule has 0 aromatic heterocycles. The average Bonchev–Trinajstić information content (AvgIpc) is 2.56. The zero-order chi connectivity index (χ0) is 15.1. The molecular formula is C18H24N2O2. The van der Waals surface area contributed by atoms with Gasteiger partial charge in [0.1, 0.15) is 0 Å².